The number of likely N-dealkylation sites (tertiary alicyclic amines) is 2. The Kier molecular flexibility index (Phi) is 8.89. The van der Waals surface area contributed by atoms with Crippen LogP contribution in [-0.2, 0) is 14.3 Å². The van der Waals surface area contributed by atoms with E-state index in [4.69, 9.17) is 4.74 Å². The van der Waals surface area contributed by atoms with Gasteiger partial charge >= 0.3 is 6.09 Å². The van der Waals surface area contributed by atoms with E-state index >= 15 is 0 Å². The summed E-state index contributed by atoms with van der Waals surface area (Å²) in [5, 5.41) is 3.25. The lowest BCUT2D eigenvalue weighted by Gasteiger charge is -2.35. The second kappa shape index (κ2) is 11.5. The maximum Gasteiger partial charge on any atom is 0.407 e. The summed E-state index contributed by atoms with van der Waals surface area (Å²) in [4.78, 5) is 49.1. The number of aromatic nitrogens is 2. The van der Waals surface area contributed by atoms with Gasteiger partial charge in [0.25, 0.3) is 5.92 Å². The van der Waals surface area contributed by atoms with Crippen molar-refractivity contribution >= 4 is 29.7 Å². The smallest absolute Gasteiger partial charge is 0.407 e. The van der Waals surface area contributed by atoms with Crippen molar-refractivity contribution in [2.45, 2.75) is 81.6 Å². The normalized spacial score (nSPS) is 21.1. The number of alkyl halides is 2. The molecular formula is C23H33F2N5O4S. The van der Waals surface area contributed by atoms with Crippen LogP contribution in [0.3, 0.4) is 0 Å². The molecule has 12 heteroatoms. The number of hydrogen-bond donors (Lipinski definition) is 1. The van der Waals surface area contributed by atoms with Gasteiger partial charge in [-0.25, -0.2) is 23.5 Å². The lowest BCUT2D eigenvalue weighted by atomic mass is 10.0. The quantitative estimate of drug-likeness (QED) is 0.421. The molecule has 0 spiro atoms. The van der Waals surface area contributed by atoms with Gasteiger partial charge in [-0.05, 0) is 39.7 Å². The minimum atomic E-state index is -2.99. The van der Waals surface area contributed by atoms with E-state index in [-0.39, 0.29) is 31.3 Å². The van der Waals surface area contributed by atoms with Crippen molar-refractivity contribution in [1.82, 2.24) is 25.1 Å². The summed E-state index contributed by atoms with van der Waals surface area (Å²) in [6.45, 7) is 4.75. The predicted octanol–water partition coefficient (Wildman–Crippen LogP) is 3.10. The first kappa shape index (κ1) is 27.1. The van der Waals surface area contributed by atoms with Crippen molar-refractivity contribution in [2.75, 3.05) is 25.4 Å². The average molecular weight is 514 g/mol. The number of piperidine rings is 1. The minimum absolute atomic E-state index is 0.0283. The Hall–Kier alpha value is -2.50. The monoisotopic (exact) mass is 513 g/mol. The molecule has 0 unspecified atom stereocenters. The molecule has 194 valence electrons. The molecule has 0 aromatic carbocycles. The zero-order chi connectivity index (χ0) is 25.6. The molecule has 2 atom stereocenters. The largest absolute Gasteiger partial charge is 0.444 e. The van der Waals surface area contributed by atoms with E-state index < -0.39 is 42.5 Å². The Morgan fingerprint density at radius 3 is 2.71 bits per heavy atom. The van der Waals surface area contributed by atoms with E-state index in [2.05, 4.69) is 15.3 Å². The fourth-order valence-corrected chi connectivity index (χ4v) is 5.12. The van der Waals surface area contributed by atoms with Gasteiger partial charge in [0.2, 0.25) is 11.8 Å². The lowest BCUT2D eigenvalue weighted by Crippen LogP contribution is -2.54. The molecule has 0 aliphatic carbocycles. The number of ether oxygens (including phenoxy) is 1. The fourth-order valence-electron chi connectivity index (χ4n) is 4.16. The number of nitrogens with one attached hydrogen (secondary N) is 1. The number of nitrogens with zero attached hydrogens (tertiary/aromatic N) is 4. The van der Waals surface area contributed by atoms with Crippen LogP contribution in [0.1, 0.15) is 52.9 Å². The van der Waals surface area contributed by atoms with E-state index in [1.54, 1.807) is 44.1 Å². The third-order valence-corrected chi connectivity index (χ3v) is 6.73. The van der Waals surface area contributed by atoms with Gasteiger partial charge < -0.3 is 19.9 Å². The third-order valence-electron chi connectivity index (χ3n) is 5.71. The Labute approximate surface area is 208 Å². The number of carbonyl (C=O) groups is 3. The summed E-state index contributed by atoms with van der Waals surface area (Å²) >= 11 is 1.46. The Morgan fingerprint density at radius 2 is 2.03 bits per heavy atom. The van der Waals surface area contributed by atoms with Gasteiger partial charge in [-0.1, -0.05) is 11.8 Å². The van der Waals surface area contributed by atoms with Crippen LogP contribution in [0, 0.1) is 0 Å². The van der Waals surface area contributed by atoms with E-state index in [1.165, 1.54) is 11.8 Å². The highest BCUT2D eigenvalue weighted by molar-refractivity contribution is 7.99. The van der Waals surface area contributed by atoms with Crippen LogP contribution in [0.15, 0.2) is 23.6 Å². The second-order valence-electron chi connectivity index (χ2n) is 9.90. The van der Waals surface area contributed by atoms with Gasteiger partial charge in [-0.15, -0.1) is 0 Å². The minimum Gasteiger partial charge on any atom is -0.444 e. The molecule has 1 N–H and O–H groups in total. The molecule has 2 aliphatic rings. The molecule has 1 aromatic heterocycles. The standard InChI is InChI=1S/C23H33F2N5O4S/c1-22(2,3)34-21(33)28-16(13-29-15-23(24,25)8-7-18(29)31)12-19(32)30-11-4-6-17(30)14-35-20-26-9-5-10-27-20/h5,9-10,16-17H,4,6-8,11-15H2,1-3H3,(H,28,33)/t16-,17-/m0/s1. The lowest BCUT2D eigenvalue weighted by molar-refractivity contribution is -0.148. The summed E-state index contributed by atoms with van der Waals surface area (Å²) in [5.74, 6) is -3.00. The molecule has 0 bridgehead atoms. The van der Waals surface area contributed by atoms with Crippen molar-refractivity contribution in [1.29, 1.82) is 0 Å². The topological polar surface area (TPSA) is 105 Å². The molecule has 3 rings (SSSR count). The van der Waals surface area contributed by atoms with Crippen LogP contribution in [0.25, 0.3) is 0 Å². The van der Waals surface area contributed by atoms with E-state index in [0.29, 0.717) is 17.5 Å². The first-order valence-electron chi connectivity index (χ1n) is 11.8. The Bertz CT molecular complexity index is 900. The van der Waals surface area contributed by atoms with Gasteiger partial charge in [-0.2, -0.15) is 0 Å². The number of carbonyl (C=O) groups excluding carboxylic acids is 3. The molecule has 0 radical (unpaired) electrons. The van der Waals surface area contributed by atoms with E-state index in [0.717, 1.165) is 17.7 Å². The SMILES string of the molecule is CC(C)(C)OC(=O)N[C@@H](CC(=O)N1CCC[C@H]1CSc1ncccn1)CN1CC(F)(F)CCC1=O. The molecule has 0 saturated carbocycles. The number of alkyl carbamates (subject to hydrolysis) is 1. The summed E-state index contributed by atoms with van der Waals surface area (Å²) in [6.07, 6.45) is 3.33. The first-order valence-corrected chi connectivity index (χ1v) is 12.7. The highest BCUT2D eigenvalue weighted by Crippen LogP contribution is 2.28. The van der Waals surface area contributed by atoms with Gasteiger partial charge in [0.1, 0.15) is 5.60 Å². The number of thioether (sulfide) groups is 1. The van der Waals surface area contributed by atoms with E-state index in [1.807, 2.05) is 0 Å². The van der Waals surface area contributed by atoms with Crippen molar-refractivity contribution in [2.24, 2.45) is 0 Å². The summed E-state index contributed by atoms with van der Waals surface area (Å²) < 4.78 is 33.2. The second-order valence-corrected chi connectivity index (χ2v) is 10.9. The molecule has 2 fully saturated rings. The van der Waals surface area contributed by atoms with Crippen molar-refractivity contribution in [3.05, 3.63) is 18.5 Å². The van der Waals surface area contributed by atoms with Gasteiger partial charge in [0.05, 0.1) is 12.6 Å². The Balaban J connectivity index is 1.66. The maximum atomic E-state index is 14.0. The van der Waals surface area contributed by atoms with Crippen LogP contribution in [0.5, 0.6) is 0 Å². The molecule has 2 aliphatic heterocycles. The third kappa shape index (κ3) is 8.59. The molecule has 35 heavy (non-hydrogen) atoms. The van der Waals surface area contributed by atoms with Crippen molar-refractivity contribution in [3.63, 3.8) is 0 Å². The molecule has 2 saturated heterocycles. The van der Waals surface area contributed by atoms with E-state index in [9.17, 15) is 23.2 Å². The highest BCUT2D eigenvalue weighted by Gasteiger charge is 2.40. The molecule has 3 amide bonds. The average Bonchev–Trinajstić information content (AvgIpc) is 3.23. The summed E-state index contributed by atoms with van der Waals surface area (Å²) in [6, 6.07) is 0.844. The molecule has 1 aromatic rings. The van der Waals surface area contributed by atoms with Crippen LogP contribution >= 0.6 is 11.8 Å². The predicted molar refractivity (Wildman–Crippen MR) is 126 cm³/mol. The van der Waals surface area contributed by atoms with Crippen LogP contribution in [0.2, 0.25) is 0 Å². The zero-order valence-electron chi connectivity index (χ0n) is 20.3. The van der Waals surface area contributed by atoms with Gasteiger partial charge in [-0.3, -0.25) is 9.59 Å². The number of rotatable bonds is 8. The van der Waals surface area contributed by atoms with Crippen LogP contribution in [0.4, 0.5) is 13.6 Å². The summed E-state index contributed by atoms with van der Waals surface area (Å²) in [7, 11) is 0. The summed E-state index contributed by atoms with van der Waals surface area (Å²) in [5.41, 5.74) is -0.774. The molecule has 9 nitrogen and oxygen atoms in total. The zero-order valence-corrected chi connectivity index (χ0v) is 21.2. The van der Waals surface area contributed by atoms with Crippen molar-refractivity contribution < 1.29 is 27.9 Å². The van der Waals surface area contributed by atoms with Gasteiger partial charge in [0.15, 0.2) is 5.16 Å². The molecule has 3 heterocycles. The van der Waals surface area contributed by atoms with Gasteiger partial charge in [0, 0.05) is 56.5 Å². The number of halogens is 2. The number of amides is 3. The maximum absolute atomic E-state index is 14.0. The first-order chi connectivity index (χ1) is 16.4. The van der Waals surface area contributed by atoms with Crippen LogP contribution in [-0.4, -0.2) is 86.7 Å². The fraction of sp³-hybridized carbons (Fsp3) is 0.696. The number of hydrogen-bond acceptors (Lipinski definition) is 7. The molecular weight excluding hydrogens is 480 g/mol. The Morgan fingerprint density at radius 1 is 1.31 bits per heavy atom. The van der Waals surface area contributed by atoms with Crippen molar-refractivity contribution in [3.8, 4) is 0 Å². The van der Waals surface area contributed by atoms with Crippen LogP contribution < -0.4 is 5.32 Å². The highest BCUT2D eigenvalue weighted by atomic mass is 32.2.